The molecular weight excluding hydrogens is 386 g/mol. The van der Waals surface area contributed by atoms with Crippen LogP contribution in [0.3, 0.4) is 0 Å². The molecule has 2 aromatic rings. The monoisotopic (exact) mass is 419 g/mol. The van der Waals surface area contributed by atoms with E-state index in [1.165, 1.54) is 24.8 Å². The van der Waals surface area contributed by atoms with Gasteiger partial charge in [0.2, 0.25) is 5.91 Å². The second kappa shape index (κ2) is 9.41. The van der Waals surface area contributed by atoms with Gasteiger partial charge in [-0.25, -0.2) is 0 Å². The van der Waals surface area contributed by atoms with Crippen molar-refractivity contribution < 1.29 is 9.53 Å². The van der Waals surface area contributed by atoms with Crippen molar-refractivity contribution >= 4 is 11.6 Å². The van der Waals surface area contributed by atoms with Gasteiger partial charge in [-0.05, 0) is 68.6 Å². The summed E-state index contributed by atoms with van der Waals surface area (Å²) in [6.07, 6.45) is 5.34. The molecule has 3 fully saturated rings. The van der Waals surface area contributed by atoms with E-state index in [0.29, 0.717) is 31.0 Å². The van der Waals surface area contributed by atoms with Crippen LogP contribution in [-0.4, -0.2) is 55.7 Å². The first-order valence-corrected chi connectivity index (χ1v) is 11.8. The topological polar surface area (TPSA) is 44.8 Å². The maximum absolute atomic E-state index is 11.9. The number of benzene rings is 2. The molecule has 1 saturated carbocycles. The molecule has 2 atom stereocenters. The van der Waals surface area contributed by atoms with Crippen molar-refractivity contribution in [3.63, 3.8) is 0 Å². The zero-order valence-electron chi connectivity index (χ0n) is 18.2. The fourth-order valence-electron chi connectivity index (χ4n) is 5.01. The highest BCUT2D eigenvalue weighted by Gasteiger charge is 2.39. The van der Waals surface area contributed by atoms with Gasteiger partial charge in [-0.2, -0.15) is 0 Å². The van der Waals surface area contributed by atoms with E-state index < -0.39 is 0 Å². The Labute approximate surface area is 185 Å². The third-order valence-electron chi connectivity index (χ3n) is 6.95. The lowest BCUT2D eigenvalue weighted by molar-refractivity contribution is -0.117. The Morgan fingerprint density at radius 3 is 2.45 bits per heavy atom. The number of anilines is 1. The van der Waals surface area contributed by atoms with Crippen LogP contribution < -0.4 is 15.0 Å². The first-order valence-electron chi connectivity index (χ1n) is 11.8. The molecule has 0 radical (unpaired) electrons. The van der Waals surface area contributed by atoms with Crippen molar-refractivity contribution in [1.29, 1.82) is 0 Å². The van der Waals surface area contributed by atoms with Crippen molar-refractivity contribution in [2.75, 3.05) is 37.7 Å². The summed E-state index contributed by atoms with van der Waals surface area (Å²) in [6, 6.07) is 20.2. The van der Waals surface area contributed by atoms with E-state index in [1.807, 2.05) is 29.2 Å². The fourth-order valence-corrected chi connectivity index (χ4v) is 5.01. The predicted molar refractivity (Wildman–Crippen MR) is 124 cm³/mol. The van der Waals surface area contributed by atoms with Gasteiger partial charge >= 0.3 is 0 Å². The van der Waals surface area contributed by atoms with Crippen molar-refractivity contribution in [3.05, 3.63) is 60.2 Å². The van der Waals surface area contributed by atoms with E-state index >= 15 is 0 Å². The van der Waals surface area contributed by atoms with Crippen LogP contribution in [0.15, 0.2) is 54.6 Å². The minimum atomic E-state index is 0.226. The van der Waals surface area contributed by atoms with Crippen molar-refractivity contribution in [1.82, 2.24) is 10.2 Å². The number of likely N-dealkylation sites (tertiary alicyclic amines) is 1. The second-order valence-corrected chi connectivity index (χ2v) is 9.13. The van der Waals surface area contributed by atoms with Gasteiger partial charge in [0.25, 0.3) is 0 Å². The van der Waals surface area contributed by atoms with Crippen molar-refractivity contribution in [3.8, 4) is 5.75 Å². The number of nitrogens with one attached hydrogen (secondary N) is 1. The van der Waals surface area contributed by atoms with Gasteiger partial charge in [-0.1, -0.05) is 30.3 Å². The van der Waals surface area contributed by atoms with Crippen LogP contribution in [0.5, 0.6) is 5.75 Å². The number of amides is 1. The van der Waals surface area contributed by atoms with Crippen LogP contribution in [0.4, 0.5) is 5.69 Å². The van der Waals surface area contributed by atoms with Gasteiger partial charge in [-0.3, -0.25) is 9.69 Å². The number of rotatable bonds is 8. The minimum absolute atomic E-state index is 0.226. The molecule has 5 heteroatoms. The molecule has 2 aromatic carbocycles. The largest absolute Gasteiger partial charge is 0.492 e. The highest BCUT2D eigenvalue weighted by molar-refractivity contribution is 5.95. The zero-order chi connectivity index (χ0) is 21.0. The maximum Gasteiger partial charge on any atom is 0.227 e. The first-order chi connectivity index (χ1) is 15.3. The minimum Gasteiger partial charge on any atom is -0.492 e. The molecule has 1 N–H and O–H groups in total. The molecule has 0 unspecified atom stereocenters. The van der Waals surface area contributed by atoms with E-state index in [1.54, 1.807) is 0 Å². The number of hydrogen-bond donors (Lipinski definition) is 1. The predicted octanol–water partition coefficient (Wildman–Crippen LogP) is 3.80. The van der Waals surface area contributed by atoms with Gasteiger partial charge in [-0.15, -0.1) is 0 Å². The molecular formula is C26H33N3O2. The summed E-state index contributed by atoms with van der Waals surface area (Å²) in [6.45, 7) is 4.78. The van der Waals surface area contributed by atoms with Crippen LogP contribution in [0.2, 0.25) is 0 Å². The van der Waals surface area contributed by atoms with Crippen LogP contribution in [0.25, 0.3) is 0 Å². The Morgan fingerprint density at radius 2 is 1.74 bits per heavy atom. The highest BCUT2D eigenvalue weighted by atomic mass is 16.5. The molecule has 164 valence electrons. The number of carbonyl (C=O) groups excluding carboxylic acids is 1. The fraction of sp³-hybridized carbons (Fsp3) is 0.500. The Bertz CT molecular complexity index is 862. The molecule has 31 heavy (non-hydrogen) atoms. The summed E-state index contributed by atoms with van der Waals surface area (Å²) in [5.41, 5.74) is 2.46. The highest BCUT2D eigenvalue weighted by Crippen LogP contribution is 2.41. The quantitative estimate of drug-likeness (QED) is 0.707. The molecule has 5 rings (SSSR count). The normalized spacial score (nSPS) is 24.5. The number of carbonyl (C=O) groups is 1. The number of ether oxygens (including phenoxy) is 1. The van der Waals surface area contributed by atoms with Crippen LogP contribution >= 0.6 is 0 Å². The zero-order valence-corrected chi connectivity index (χ0v) is 18.2. The van der Waals surface area contributed by atoms with Gasteiger partial charge in [0, 0.05) is 43.2 Å². The maximum atomic E-state index is 11.9. The lowest BCUT2D eigenvalue weighted by Gasteiger charge is -2.32. The smallest absolute Gasteiger partial charge is 0.227 e. The SMILES string of the molecule is O=C1CCCN1c1ccc(OCCN2CCC(N[C@@H]3C[C@H]3c3ccccc3)CC2)cc1. The van der Waals surface area contributed by atoms with Crippen LogP contribution in [0.1, 0.15) is 43.6 Å². The summed E-state index contributed by atoms with van der Waals surface area (Å²) in [5.74, 6) is 1.82. The van der Waals surface area contributed by atoms with E-state index in [2.05, 4.69) is 40.5 Å². The molecule has 5 nitrogen and oxygen atoms in total. The van der Waals surface area contributed by atoms with Gasteiger partial charge in [0.15, 0.2) is 0 Å². The lowest BCUT2D eigenvalue weighted by Crippen LogP contribution is -2.44. The summed E-state index contributed by atoms with van der Waals surface area (Å²) in [4.78, 5) is 16.2. The molecule has 1 amide bonds. The third kappa shape index (κ3) is 5.10. The number of piperidine rings is 1. The van der Waals surface area contributed by atoms with E-state index in [4.69, 9.17) is 4.74 Å². The van der Waals surface area contributed by atoms with Gasteiger partial charge in [0.1, 0.15) is 12.4 Å². The van der Waals surface area contributed by atoms with Crippen molar-refractivity contribution in [2.45, 2.75) is 50.1 Å². The van der Waals surface area contributed by atoms with E-state index in [-0.39, 0.29) is 5.91 Å². The van der Waals surface area contributed by atoms with E-state index in [9.17, 15) is 4.79 Å². The Hall–Kier alpha value is -2.37. The van der Waals surface area contributed by atoms with Crippen LogP contribution in [0, 0.1) is 0 Å². The average Bonchev–Trinajstić information content (AvgIpc) is 3.45. The van der Waals surface area contributed by atoms with Gasteiger partial charge < -0.3 is 15.0 Å². The lowest BCUT2D eigenvalue weighted by atomic mass is 10.0. The average molecular weight is 420 g/mol. The molecule has 0 aromatic heterocycles. The number of hydrogen-bond acceptors (Lipinski definition) is 4. The summed E-state index contributed by atoms with van der Waals surface area (Å²) >= 11 is 0. The third-order valence-corrected chi connectivity index (χ3v) is 6.95. The molecule has 1 aliphatic carbocycles. The summed E-state index contributed by atoms with van der Waals surface area (Å²) in [5, 5.41) is 3.89. The second-order valence-electron chi connectivity index (χ2n) is 9.13. The summed E-state index contributed by atoms with van der Waals surface area (Å²) < 4.78 is 5.96. The standard InChI is InChI=1S/C26H33N3O2/c30-26-7-4-14-29(26)22-8-10-23(11-9-22)31-18-17-28-15-12-21(13-16-28)27-25-19-24(25)20-5-2-1-3-6-20/h1-3,5-6,8-11,21,24-25,27H,4,7,12-19H2/t24-,25+/m0/s1. The van der Waals surface area contributed by atoms with Crippen LogP contribution in [-0.2, 0) is 4.79 Å². The molecule has 0 spiro atoms. The Morgan fingerprint density at radius 1 is 0.968 bits per heavy atom. The number of nitrogens with zero attached hydrogens (tertiary/aromatic N) is 2. The molecule has 2 saturated heterocycles. The molecule has 0 bridgehead atoms. The van der Waals surface area contributed by atoms with Gasteiger partial charge in [0.05, 0.1) is 0 Å². The molecule has 2 heterocycles. The molecule has 3 aliphatic rings. The Balaban J connectivity index is 0.992. The first kappa shape index (κ1) is 20.5. The van der Waals surface area contributed by atoms with Crippen molar-refractivity contribution in [2.24, 2.45) is 0 Å². The van der Waals surface area contributed by atoms with E-state index in [0.717, 1.165) is 44.0 Å². The Kier molecular flexibility index (Phi) is 6.23. The summed E-state index contributed by atoms with van der Waals surface area (Å²) in [7, 11) is 0. The molecule has 2 aliphatic heterocycles.